The summed E-state index contributed by atoms with van der Waals surface area (Å²) in [6.07, 6.45) is -4.88. The number of thioether (sulfide) groups is 1. The van der Waals surface area contributed by atoms with Gasteiger partial charge in [-0.3, -0.25) is 9.36 Å². The summed E-state index contributed by atoms with van der Waals surface area (Å²) in [5.74, 6) is -2.88. The molecule has 180 valence electrons. The summed E-state index contributed by atoms with van der Waals surface area (Å²) in [6.45, 7) is 1.10. The maximum atomic E-state index is 15.3. The van der Waals surface area contributed by atoms with Crippen LogP contribution in [0.3, 0.4) is 0 Å². The molecule has 1 aliphatic heterocycles. The monoisotopic (exact) mass is 517 g/mol. The Balaban J connectivity index is 2.07. The van der Waals surface area contributed by atoms with Gasteiger partial charge in [0.1, 0.15) is 5.82 Å². The van der Waals surface area contributed by atoms with Gasteiger partial charge in [0.05, 0.1) is 30.7 Å². The van der Waals surface area contributed by atoms with Crippen LogP contribution >= 0.6 is 23.4 Å². The first-order valence-electron chi connectivity index (χ1n) is 9.62. The summed E-state index contributed by atoms with van der Waals surface area (Å²) in [5, 5.41) is 6.13. The van der Waals surface area contributed by atoms with E-state index >= 15 is 4.39 Å². The number of hydrogen-bond acceptors (Lipinski definition) is 7. The number of ether oxygens (including phenoxy) is 3. The minimum atomic E-state index is -4.88. The lowest BCUT2D eigenvalue weighted by molar-refractivity contribution is -0.146. The quantitative estimate of drug-likeness (QED) is 0.334. The molecular weight excluding hydrogens is 502 g/mol. The molecular formula is C21H16ClF4N3O4S. The zero-order chi connectivity index (χ0) is 24.8. The lowest BCUT2D eigenvalue weighted by Gasteiger charge is -2.24. The Morgan fingerprint density at radius 2 is 1.88 bits per heavy atom. The molecule has 0 aliphatic carbocycles. The minimum Gasteiger partial charge on any atom is -0.493 e. The van der Waals surface area contributed by atoms with Crippen molar-refractivity contribution < 1.29 is 36.6 Å². The number of esters is 1. The van der Waals surface area contributed by atoms with Crippen LogP contribution in [0, 0.1) is 5.82 Å². The zero-order valence-corrected chi connectivity index (χ0v) is 19.4. The van der Waals surface area contributed by atoms with Gasteiger partial charge in [0.15, 0.2) is 17.3 Å². The Kier molecular flexibility index (Phi) is 6.38. The molecule has 34 heavy (non-hydrogen) atoms. The molecule has 4 rings (SSSR count). The molecule has 2 unspecified atom stereocenters. The smallest absolute Gasteiger partial charge is 0.452 e. The van der Waals surface area contributed by atoms with E-state index in [1.54, 1.807) is 0 Å². The number of fused-ring (bicyclic) bond motifs is 3. The molecule has 1 aromatic heterocycles. The van der Waals surface area contributed by atoms with Crippen molar-refractivity contribution in [2.24, 2.45) is 0 Å². The first kappa shape index (κ1) is 24.1. The molecule has 2 heterocycles. The van der Waals surface area contributed by atoms with Gasteiger partial charge in [-0.1, -0.05) is 23.4 Å². The summed E-state index contributed by atoms with van der Waals surface area (Å²) >= 11 is 7.05. The van der Waals surface area contributed by atoms with Gasteiger partial charge in [0, 0.05) is 11.9 Å². The summed E-state index contributed by atoms with van der Waals surface area (Å²) in [4.78, 5) is 11.8. The number of halogens is 5. The van der Waals surface area contributed by atoms with Crippen molar-refractivity contribution in [3.8, 4) is 17.2 Å². The number of rotatable bonds is 4. The highest BCUT2D eigenvalue weighted by atomic mass is 35.5. The van der Waals surface area contributed by atoms with Crippen LogP contribution in [-0.2, 0) is 15.7 Å². The van der Waals surface area contributed by atoms with Crippen LogP contribution in [0.1, 0.15) is 40.4 Å². The van der Waals surface area contributed by atoms with Crippen LogP contribution < -0.4 is 9.47 Å². The van der Waals surface area contributed by atoms with Gasteiger partial charge in [0.25, 0.3) is 0 Å². The van der Waals surface area contributed by atoms with Crippen molar-refractivity contribution >= 4 is 29.3 Å². The molecule has 0 N–H and O–H groups in total. The van der Waals surface area contributed by atoms with E-state index in [2.05, 4.69) is 10.2 Å². The fraction of sp³-hybridized carbons (Fsp3) is 0.286. The molecule has 2 aromatic carbocycles. The van der Waals surface area contributed by atoms with E-state index in [1.165, 1.54) is 38.5 Å². The van der Waals surface area contributed by atoms with Crippen LogP contribution in [0.25, 0.3) is 5.69 Å². The molecule has 0 saturated carbocycles. The highest BCUT2D eigenvalue weighted by molar-refractivity contribution is 7.99. The van der Waals surface area contributed by atoms with Gasteiger partial charge in [-0.2, -0.15) is 13.2 Å². The lowest BCUT2D eigenvalue weighted by Crippen LogP contribution is -2.17. The number of nitrogens with zero attached hydrogens (tertiary/aromatic N) is 3. The second kappa shape index (κ2) is 8.99. The summed E-state index contributed by atoms with van der Waals surface area (Å²) in [7, 11) is 2.67. The minimum absolute atomic E-state index is 0.00634. The van der Waals surface area contributed by atoms with Gasteiger partial charge < -0.3 is 14.2 Å². The van der Waals surface area contributed by atoms with Crippen LogP contribution in [0.4, 0.5) is 17.6 Å². The predicted molar refractivity (Wildman–Crippen MR) is 115 cm³/mol. The number of benzene rings is 2. The second-order valence-electron chi connectivity index (χ2n) is 7.07. The fourth-order valence-corrected chi connectivity index (χ4v) is 5.28. The first-order chi connectivity index (χ1) is 16.1. The SMILES string of the molecule is COc1ccc(F)c(C2SC(OC(C)=O)c3nnc(C(F)(F)F)n3-c3ccc(Cl)cc32)c1OC. The van der Waals surface area contributed by atoms with Gasteiger partial charge in [-0.05, 0) is 35.9 Å². The van der Waals surface area contributed by atoms with Crippen molar-refractivity contribution in [3.63, 3.8) is 0 Å². The third kappa shape index (κ3) is 4.16. The van der Waals surface area contributed by atoms with E-state index in [0.717, 1.165) is 29.3 Å². The number of carbonyl (C=O) groups excluding carboxylic acids is 1. The Morgan fingerprint density at radius 1 is 1.15 bits per heavy atom. The molecule has 13 heteroatoms. The van der Waals surface area contributed by atoms with Crippen molar-refractivity contribution in [1.29, 1.82) is 0 Å². The van der Waals surface area contributed by atoms with E-state index in [4.69, 9.17) is 25.8 Å². The first-order valence-corrected chi connectivity index (χ1v) is 10.9. The number of alkyl halides is 3. The lowest BCUT2D eigenvalue weighted by atomic mass is 10.00. The molecule has 2 atom stereocenters. The van der Waals surface area contributed by atoms with Crippen LogP contribution in [0.5, 0.6) is 11.5 Å². The standard InChI is InChI=1S/C21H16ClF4N3O4S/c1-9(30)33-19-18-27-28-20(21(24,25)26)29(18)13-6-4-10(22)8-11(13)17(34-19)15-12(23)5-7-14(31-2)16(15)32-3/h4-8,17,19H,1-3H3. The van der Waals surface area contributed by atoms with E-state index < -0.39 is 34.5 Å². The predicted octanol–water partition coefficient (Wildman–Crippen LogP) is 5.49. The third-order valence-electron chi connectivity index (χ3n) is 4.99. The summed E-state index contributed by atoms with van der Waals surface area (Å²) in [5.41, 5.74) is -1.20. The van der Waals surface area contributed by atoms with Gasteiger partial charge in [-0.25, -0.2) is 4.39 Å². The molecule has 0 radical (unpaired) electrons. The Hall–Kier alpha value is -2.99. The Labute approximate surface area is 200 Å². The van der Waals surface area contributed by atoms with E-state index in [9.17, 15) is 18.0 Å². The number of methoxy groups -OCH3 is 2. The second-order valence-corrected chi connectivity index (χ2v) is 8.68. The molecule has 0 amide bonds. The van der Waals surface area contributed by atoms with E-state index in [1.807, 2.05) is 0 Å². The van der Waals surface area contributed by atoms with E-state index in [0.29, 0.717) is 0 Å². The molecule has 1 aliphatic rings. The van der Waals surface area contributed by atoms with Gasteiger partial charge in [-0.15, -0.1) is 10.2 Å². The average molecular weight is 518 g/mol. The molecule has 0 saturated heterocycles. The third-order valence-corrected chi connectivity index (χ3v) is 6.54. The molecule has 0 spiro atoms. The van der Waals surface area contributed by atoms with Crippen LogP contribution in [-0.4, -0.2) is 35.0 Å². The molecule has 7 nitrogen and oxygen atoms in total. The fourth-order valence-electron chi connectivity index (χ4n) is 3.69. The topological polar surface area (TPSA) is 75.5 Å². The molecule has 3 aromatic rings. The number of carbonyl (C=O) groups is 1. The Bertz CT molecular complexity index is 1270. The summed E-state index contributed by atoms with van der Waals surface area (Å²) in [6, 6.07) is 6.64. The van der Waals surface area contributed by atoms with Gasteiger partial charge >= 0.3 is 12.1 Å². The zero-order valence-electron chi connectivity index (χ0n) is 17.8. The van der Waals surface area contributed by atoms with Crippen molar-refractivity contribution in [2.75, 3.05) is 14.2 Å². The van der Waals surface area contributed by atoms with E-state index in [-0.39, 0.29) is 39.2 Å². The molecule has 0 bridgehead atoms. The maximum absolute atomic E-state index is 15.3. The number of hydrogen-bond donors (Lipinski definition) is 0. The average Bonchev–Trinajstić information content (AvgIpc) is 3.17. The number of aromatic nitrogens is 3. The van der Waals surface area contributed by atoms with Crippen molar-refractivity contribution in [2.45, 2.75) is 23.8 Å². The maximum Gasteiger partial charge on any atom is 0.452 e. The normalized spacial score (nSPS) is 17.4. The van der Waals surface area contributed by atoms with Crippen LogP contribution in [0.15, 0.2) is 30.3 Å². The highest BCUT2D eigenvalue weighted by Crippen LogP contribution is 2.54. The van der Waals surface area contributed by atoms with Gasteiger partial charge in [0.2, 0.25) is 11.3 Å². The highest BCUT2D eigenvalue weighted by Gasteiger charge is 2.44. The van der Waals surface area contributed by atoms with Crippen molar-refractivity contribution in [1.82, 2.24) is 14.8 Å². The van der Waals surface area contributed by atoms with Crippen molar-refractivity contribution in [3.05, 3.63) is 63.9 Å². The van der Waals surface area contributed by atoms with Crippen LogP contribution in [0.2, 0.25) is 5.02 Å². The Morgan fingerprint density at radius 3 is 2.50 bits per heavy atom. The summed E-state index contributed by atoms with van der Waals surface area (Å²) < 4.78 is 73.6. The largest absolute Gasteiger partial charge is 0.493 e. The molecule has 0 fully saturated rings.